The quantitative estimate of drug-likeness (QED) is 0.857. The highest BCUT2D eigenvalue weighted by Crippen LogP contribution is 2.14. The first-order valence-corrected chi connectivity index (χ1v) is 6.28. The lowest BCUT2D eigenvalue weighted by atomic mass is 10.1. The first kappa shape index (κ1) is 13.6. The number of nitrogens with zero attached hydrogens (tertiary/aromatic N) is 1. The molecule has 1 aliphatic heterocycles. The number of carbonyl (C=O) groups excluding carboxylic acids is 1. The normalized spacial score (nSPS) is 19.4. The number of amides is 1. The average molecular weight is 267 g/mol. The Labute approximate surface area is 110 Å². The van der Waals surface area contributed by atoms with Crippen molar-refractivity contribution >= 4 is 11.9 Å². The Balaban J connectivity index is 1.89. The van der Waals surface area contributed by atoms with Crippen molar-refractivity contribution in [3.8, 4) is 0 Å². The molecule has 6 heteroatoms. The van der Waals surface area contributed by atoms with Crippen LogP contribution in [-0.4, -0.2) is 47.7 Å². The Morgan fingerprint density at radius 1 is 1.47 bits per heavy atom. The fraction of sp³-hybridized carbons (Fsp3) is 0.538. The Hall–Kier alpha value is -1.82. The first-order valence-electron chi connectivity index (χ1n) is 6.28. The van der Waals surface area contributed by atoms with E-state index in [9.17, 15) is 9.59 Å². The Morgan fingerprint density at radius 3 is 3.00 bits per heavy atom. The largest absolute Gasteiger partial charge is 0.481 e. The van der Waals surface area contributed by atoms with Crippen LogP contribution in [0.2, 0.25) is 0 Å². The van der Waals surface area contributed by atoms with Gasteiger partial charge in [-0.1, -0.05) is 0 Å². The van der Waals surface area contributed by atoms with E-state index in [0.717, 1.165) is 5.76 Å². The molecule has 1 amide bonds. The maximum absolute atomic E-state index is 12.1. The second kappa shape index (κ2) is 6.38. The SMILES string of the molecule is O=C(O)CC1COCCN1C(=O)CCc1ccco1. The van der Waals surface area contributed by atoms with E-state index in [1.165, 1.54) is 0 Å². The molecule has 104 valence electrons. The maximum Gasteiger partial charge on any atom is 0.305 e. The first-order chi connectivity index (χ1) is 9.16. The number of morpholine rings is 1. The highest BCUT2D eigenvalue weighted by Gasteiger charge is 2.28. The van der Waals surface area contributed by atoms with Crippen LogP contribution in [0.25, 0.3) is 0 Å². The van der Waals surface area contributed by atoms with E-state index in [1.807, 2.05) is 6.07 Å². The van der Waals surface area contributed by atoms with Gasteiger partial charge in [0.05, 0.1) is 31.9 Å². The number of aryl methyl sites for hydroxylation is 1. The highest BCUT2D eigenvalue weighted by molar-refractivity contribution is 5.78. The minimum Gasteiger partial charge on any atom is -0.481 e. The molecule has 0 saturated carbocycles. The Kier molecular flexibility index (Phi) is 4.57. The number of furan rings is 1. The molecule has 0 aromatic carbocycles. The van der Waals surface area contributed by atoms with E-state index in [2.05, 4.69) is 0 Å². The Morgan fingerprint density at radius 2 is 2.32 bits per heavy atom. The third-order valence-corrected chi connectivity index (χ3v) is 3.12. The van der Waals surface area contributed by atoms with Gasteiger partial charge in [0.15, 0.2) is 0 Å². The number of aliphatic carboxylic acids is 1. The van der Waals surface area contributed by atoms with Crippen LogP contribution in [0.3, 0.4) is 0 Å². The molecule has 1 atom stereocenters. The molecule has 0 radical (unpaired) electrons. The van der Waals surface area contributed by atoms with Crippen LogP contribution in [0.4, 0.5) is 0 Å². The summed E-state index contributed by atoms with van der Waals surface area (Å²) in [5.41, 5.74) is 0. The predicted octanol–water partition coefficient (Wildman–Crippen LogP) is 0.914. The second-order valence-corrected chi connectivity index (χ2v) is 4.49. The number of carboxylic acid groups (broad SMARTS) is 1. The summed E-state index contributed by atoms with van der Waals surface area (Å²) in [4.78, 5) is 24.5. The van der Waals surface area contributed by atoms with E-state index in [4.69, 9.17) is 14.3 Å². The minimum atomic E-state index is -0.917. The number of rotatable bonds is 5. The summed E-state index contributed by atoms with van der Waals surface area (Å²) < 4.78 is 10.4. The van der Waals surface area contributed by atoms with Gasteiger partial charge in [-0.2, -0.15) is 0 Å². The van der Waals surface area contributed by atoms with Crippen molar-refractivity contribution in [2.24, 2.45) is 0 Å². The van der Waals surface area contributed by atoms with Crippen LogP contribution < -0.4 is 0 Å². The number of hydrogen-bond acceptors (Lipinski definition) is 4. The molecule has 0 aliphatic carbocycles. The zero-order valence-electron chi connectivity index (χ0n) is 10.6. The van der Waals surface area contributed by atoms with Crippen LogP contribution in [0.15, 0.2) is 22.8 Å². The number of carbonyl (C=O) groups is 2. The van der Waals surface area contributed by atoms with Crippen molar-refractivity contribution in [2.45, 2.75) is 25.3 Å². The molecule has 1 aliphatic rings. The van der Waals surface area contributed by atoms with Gasteiger partial charge in [0.25, 0.3) is 0 Å². The molecule has 2 heterocycles. The van der Waals surface area contributed by atoms with Crippen molar-refractivity contribution < 1.29 is 23.8 Å². The van der Waals surface area contributed by atoms with Crippen molar-refractivity contribution in [3.63, 3.8) is 0 Å². The third-order valence-electron chi connectivity index (χ3n) is 3.12. The van der Waals surface area contributed by atoms with Crippen LogP contribution in [0, 0.1) is 0 Å². The van der Waals surface area contributed by atoms with Gasteiger partial charge in [-0.25, -0.2) is 0 Å². The van der Waals surface area contributed by atoms with Gasteiger partial charge in [0, 0.05) is 19.4 Å². The summed E-state index contributed by atoms with van der Waals surface area (Å²) >= 11 is 0. The molecule has 2 rings (SSSR count). The second-order valence-electron chi connectivity index (χ2n) is 4.49. The van der Waals surface area contributed by atoms with Gasteiger partial charge < -0.3 is 19.2 Å². The van der Waals surface area contributed by atoms with Gasteiger partial charge in [-0.3, -0.25) is 9.59 Å². The molecule has 1 unspecified atom stereocenters. The van der Waals surface area contributed by atoms with Gasteiger partial charge >= 0.3 is 5.97 Å². The van der Waals surface area contributed by atoms with Crippen molar-refractivity contribution in [2.75, 3.05) is 19.8 Å². The lowest BCUT2D eigenvalue weighted by Gasteiger charge is -2.34. The zero-order valence-corrected chi connectivity index (χ0v) is 10.6. The molecule has 1 fully saturated rings. The Bertz CT molecular complexity index is 428. The molecule has 1 N–H and O–H groups in total. The van der Waals surface area contributed by atoms with Crippen LogP contribution in [0.5, 0.6) is 0 Å². The maximum atomic E-state index is 12.1. The topological polar surface area (TPSA) is 80.0 Å². The number of hydrogen-bond donors (Lipinski definition) is 1. The number of carboxylic acids is 1. The van der Waals surface area contributed by atoms with Crippen LogP contribution >= 0.6 is 0 Å². The highest BCUT2D eigenvalue weighted by atomic mass is 16.5. The smallest absolute Gasteiger partial charge is 0.305 e. The molecule has 19 heavy (non-hydrogen) atoms. The van der Waals surface area contributed by atoms with Gasteiger partial charge in [-0.05, 0) is 12.1 Å². The van der Waals surface area contributed by atoms with Crippen molar-refractivity contribution in [1.29, 1.82) is 0 Å². The molecular formula is C13H17NO5. The summed E-state index contributed by atoms with van der Waals surface area (Å²) in [6.45, 7) is 1.20. The standard InChI is InChI=1S/C13H17NO5/c15-12(4-3-11-2-1-6-19-11)14-5-7-18-9-10(14)8-13(16)17/h1-2,6,10H,3-5,7-9H2,(H,16,17). The molecule has 0 spiro atoms. The van der Waals surface area contributed by atoms with Crippen molar-refractivity contribution in [3.05, 3.63) is 24.2 Å². The van der Waals surface area contributed by atoms with Crippen LogP contribution in [0.1, 0.15) is 18.6 Å². The summed E-state index contributed by atoms with van der Waals surface area (Å²) in [7, 11) is 0. The molecule has 1 aromatic heterocycles. The summed E-state index contributed by atoms with van der Waals surface area (Å²) in [5.74, 6) is -0.207. The fourth-order valence-electron chi connectivity index (χ4n) is 2.18. The molecule has 0 bridgehead atoms. The summed E-state index contributed by atoms with van der Waals surface area (Å²) in [5, 5.41) is 8.84. The average Bonchev–Trinajstić information content (AvgIpc) is 2.89. The monoisotopic (exact) mass is 267 g/mol. The molecule has 1 saturated heterocycles. The van der Waals surface area contributed by atoms with Gasteiger partial charge in [0.2, 0.25) is 5.91 Å². The summed E-state index contributed by atoms with van der Waals surface area (Å²) in [6, 6.07) is 3.23. The van der Waals surface area contributed by atoms with E-state index in [1.54, 1.807) is 17.2 Å². The van der Waals surface area contributed by atoms with Crippen molar-refractivity contribution in [1.82, 2.24) is 4.90 Å². The van der Waals surface area contributed by atoms with E-state index in [-0.39, 0.29) is 18.4 Å². The van der Waals surface area contributed by atoms with E-state index >= 15 is 0 Å². The lowest BCUT2D eigenvalue weighted by Crippen LogP contribution is -2.49. The van der Waals surface area contributed by atoms with Gasteiger partial charge in [0.1, 0.15) is 5.76 Å². The van der Waals surface area contributed by atoms with Crippen LogP contribution in [-0.2, 0) is 20.7 Å². The van der Waals surface area contributed by atoms with E-state index < -0.39 is 5.97 Å². The lowest BCUT2D eigenvalue weighted by molar-refractivity contribution is -0.146. The molecular weight excluding hydrogens is 250 g/mol. The fourth-order valence-corrected chi connectivity index (χ4v) is 2.18. The number of ether oxygens (including phenoxy) is 1. The third kappa shape index (κ3) is 3.82. The molecule has 1 aromatic rings. The zero-order chi connectivity index (χ0) is 13.7. The molecule has 6 nitrogen and oxygen atoms in total. The predicted molar refractivity (Wildman–Crippen MR) is 65.6 cm³/mol. The van der Waals surface area contributed by atoms with Gasteiger partial charge in [-0.15, -0.1) is 0 Å². The summed E-state index contributed by atoms with van der Waals surface area (Å²) in [6.07, 6.45) is 2.35. The minimum absolute atomic E-state index is 0.0500. The van der Waals surface area contributed by atoms with E-state index in [0.29, 0.717) is 32.6 Å².